The summed E-state index contributed by atoms with van der Waals surface area (Å²) < 4.78 is 34.4. The first kappa shape index (κ1) is 16.8. The molecule has 1 aromatic rings. The average molecular weight is 335 g/mol. The molecule has 0 atom stereocenters. The molecule has 0 radical (unpaired) electrons. The summed E-state index contributed by atoms with van der Waals surface area (Å²) in [4.78, 5) is 0.342. The highest BCUT2D eigenvalue weighted by atomic mass is 35.5. The molecule has 0 N–H and O–H groups in total. The molecule has 0 saturated carbocycles. The smallest absolute Gasteiger partial charge is 0.244 e. The van der Waals surface area contributed by atoms with Crippen molar-refractivity contribution in [1.29, 1.82) is 0 Å². The molecule has 2 heterocycles. The molecule has 5 nitrogen and oxygen atoms in total. The molecule has 0 bridgehead atoms. The quantitative estimate of drug-likeness (QED) is 0.751. The maximum atomic E-state index is 12.7. The van der Waals surface area contributed by atoms with Gasteiger partial charge in [0.05, 0.1) is 12.0 Å². The Morgan fingerprint density at radius 3 is 2.48 bits per heavy atom. The van der Waals surface area contributed by atoms with Gasteiger partial charge in [-0.15, -0.1) is 11.6 Å². The minimum absolute atomic E-state index is 0.181. The topological polar surface area (TPSA) is 51.5 Å². The number of alkyl halides is 1. The Bertz CT molecular complexity index is 541. The molecule has 1 fully saturated rings. The van der Waals surface area contributed by atoms with Crippen LogP contribution in [0.15, 0.2) is 17.2 Å². The molecule has 1 aliphatic rings. The maximum absolute atomic E-state index is 12.7. The molecular weight excluding hydrogens is 312 g/mol. The van der Waals surface area contributed by atoms with Crippen molar-refractivity contribution < 1.29 is 13.2 Å². The monoisotopic (exact) mass is 334 g/mol. The van der Waals surface area contributed by atoms with Crippen molar-refractivity contribution >= 4 is 21.6 Å². The Hall–Kier alpha value is -0.560. The highest BCUT2D eigenvalue weighted by Crippen LogP contribution is 2.24. The molecule has 1 aliphatic heterocycles. The van der Waals surface area contributed by atoms with Crippen LogP contribution in [0.5, 0.6) is 0 Å². The normalized spacial score (nSPS) is 18.2. The predicted molar refractivity (Wildman–Crippen MR) is 83.1 cm³/mol. The van der Waals surface area contributed by atoms with Gasteiger partial charge in [-0.25, -0.2) is 8.42 Å². The van der Waals surface area contributed by atoms with Crippen LogP contribution >= 0.6 is 11.6 Å². The van der Waals surface area contributed by atoms with E-state index in [0.29, 0.717) is 37.0 Å². The maximum Gasteiger partial charge on any atom is 0.244 e. The lowest BCUT2D eigenvalue weighted by molar-refractivity contribution is 0.0290. The number of aryl methyl sites for hydroxylation is 1. The summed E-state index contributed by atoms with van der Waals surface area (Å²) in [5.41, 5.74) is 0.835. The average Bonchev–Trinajstić information content (AvgIpc) is 2.92. The van der Waals surface area contributed by atoms with Gasteiger partial charge in [0, 0.05) is 38.1 Å². The van der Waals surface area contributed by atoms with Crippen LogP contribution < -0.4 is 0 Å². The first-order valence-electron chi connectivity index (χ1n) is 7.39. The third kappa shape index (κ3) is 3.62. The molecule has 7 heteroatoms. The lowest BCUT2D eigenvalue weighted by Crippen LogP contribution is -2.40. The fourth-order valence-corrected chi connectivity index (χ4v) is 4.46. The molecule has 0 aromatic carbocycles. The van der Waals surface area contributed by atoms with Gasteiger partial charge in [0.25, 0.3) is 0 Å². The minimum atomic E-state index is -3.42. The highest BCUT2D eigenvalue weighted by molar-refractivity contribution is 7.89. The zero-order valence-electron chi connectivity index (χ0n) is 12.6. The van der Waals surface area contributed by atoms with Crippen molar-refractivity contribution in [3.8, 4) is 0 Å². The summed E-state index contributed by atoms with van der Waals surface area (Å²) in [6.07, 6.45) is 3.37. The van der Waals surface area contributed by atoms with Crippen LogP contribution in [0.1, 0.15) is 32.4 Å². The van der Waals surface area contributed by atoms with Crippen molar-refractivity contribution in [1.82, 2.24) is 8.87 Å². The first-order valence-corrected chi connectivity index (χ1v) is 9.37. The molecule has 1 aromatic heterocycles. The Kier molecular flexibility index (Phi) is 5.71. The van der Waals surface area contributed by atoms with Crippen LogP contribution in [0.3, 0.4) is 0 Å². The van der Waals surface area contributed by atoms with E-state index < -0.39 is 10.0 Å². The van der Waals surface area contributed by atoms with Gasteiger partial charge in [0.2, 0.25) is 10.0 Å². The van der Waals surface area contributed by atoms with Gasteiger partial charge in [-0.2, -0.15) is 4.31 Å². The number of aromatic nitrogens is 1. The number of piperidine rings is 1. The van der Waals surface area contributed by atoms with Gasteiger partial charge in [-0.3, -0.25) is 0 Å². The molecule has 0 aliphatic carbocycles. The van der Waals surface area contributed by atoms with E-state index in [0.717, 1.165) is 18.5 Å². The van der Waals surface area contributed by atoms with Gasteiger partial charge >= 0.3 is 0 Å². The number of rotatable bonds is 6. The van der Waals surface area contributed by atoms with Crippen molar-refractivity contribution in [3.63, 3.8) is 0 Å². The second-order valence-corrected chi connectivity index (χ2v) is 7.35. The van der Waals surface area contributed by atoms with Crippen LogP contribution in [0.4, 0.5) is 0 Å². The molecular formula is C14H23ClN2O3S. The zero-order valence-corrected chi connectivity index (χ0v) is 14.2. The van der Waals surface area contributed by atoms with Crippen molar-refractivity contribution in [2.45, 2.75) is 50.1 Å². The number of ether oxygens (including phenoxy) is 1. The summed E-state index contributed by atoms with van der Waals surface area (Å²) in [7, 11) is -3.42. The van der Waals surface area contributed by atoms with E-state index in [1.165, 1.54) is 0 Å². The van der Waals surface area contributed by atoms with Gasteiger partial charge in [0.1, 0.15) is 4.90 Å². The van der Waals surface area contributed by atoms with Crippen LogP contribution in [0.2, 0.25) is 0 Å². The Balaban J connectivity index is 2.13. The van der Waals surface area contributed by atoms with Gasteiger partial charge < -0.3 is 9.30 Å². The molecule has 0 unspecified atom stereocenters. The third-order valence-electron chi connectivity index (χ3n) is 3.88. The lowest BCUT2D eigenvalue weighted by atomic mass is 10.1. The van der Waals surface area contributed by atoms with Crippen LogP contribution in [-0.2, 0) is 27.2 Å². The number of hydrogen-bond acceptors (Lipinski definition) is 3. The molecule has 21 heavy (non-hydrogen) atoms. The van der Waals surface area contributed by atoms with Crippen LogP contribution in [0.25, 0.3) is 0 Å². The summed E-state index contributed by atoms with van der Waals surface area (Å²) in [6, 6.07) is 1.68. The molecule has 1 saturated heterocycles. The fourth-order valence-electron chi connectivity index (χ4n) is 2.70. The number of halogens is 1. The number of hydrogen-bond donors (Lipinski definition) is 0. The first-order chi connectivity index (χ1) is 10.0. The zero-order chi connectivity index (χ0) is 15.5. The summed E-state index contributed by atoms with van der Waals surface area (Å²) in [5, 5.41) is 0. The summed E-state index contributed by atoms with van der Waals surface area (Å²) in [6.45, 7) is 6.35. The van der Waals surface area contributed by atoms with E-state index >= 15 is 0 Å². The lowest BCUT2D eigenvalue weighted by Gasteiger charge is -2.30. The molecule has 0 spiro atoms. The Labute approximate surface area is 131 Å². The van der Waals surface area contributed by atoms with Crippen molar-refractivity contribution in [2.24, 2.45) is 0 Å². The number of nitrogens with zero attached hydrogens (tertiary/aromatic N) is 2. The second kappa shape index (κ2) is 7.13. The predicted octanol–water partition coefficient (Wildman–Crippen LogP) is 2.44. The van der Waals surface area contributed by atoms with E-state index in [1.54, 1.807) is 16.6 Å². The van der Waals surface area contributed by atoms with E-state index in [9.17, 15) is 8.42 Å². The SMILES string of the molecule is CCOC1CCN(S(=O)(=O)c2cc(CCl)n(CC)c2)CC1. The Morgan fingerprint density at radius 1 is 1.33 bits per heavy atom. The van der Waals surface area contributed by atoms with E-state index in [2.05, 4.69) is 0 Å². The largest absolute Gasteiger partial charge is 0.378 e. The van der Waals surface area contributed by atoms with Crippen LogP contribution in [-0.4, -0.2) is 43.1 Å². The van der Waals surface area contributed by atoms with Crippen molar-refractivity contribution in [2.75, 3.05) is 19.7 Å². The highest BCUT2D eigenvalue weighted by Gasteiger charge is 2.30. The third-order valence-corrected chi connectivity index (χ3v) is 6.02. The molecule has 0 amide bonds. The van der Waals surface area contributed by atoms with E-state index in [4.69, 9.17) is 16.3 Å². The second-order valence-electron chi connectivity index (χ2n) is 5.15. The fraction of sp³-hybridized carbons (Fsp3) is 0.714. The molecule has 2 rings (SSSR count). The van der Waals surface area contributed by atoms with Crippen molar-refractivity contribution in [3.05, 3.63) is 18.0 Å². The summed E-state index contributed by atoms with van der Waals surface area (Å²) >= 11 is 5.87. The van der Waals surface area contributed by atoms with Crippen LogP contribution in [0, 0.1) is 0 Å². The molecule has 120 valence electrons. The summed E-state index contributed by atoms with van der Waals surface area (Å²) in [5.74, 6) is 0.315. The minimum Gasteiger partial charge on any atom is -0.378 e. The van der Waals surface area contributed by atoms with Gasteiger partial charge in [0.15, 0.2) is 0 Å². The Morgan fingerprint density at radius 2 is 2.00 bits per heavy atom. The van der Waals surface area contributed by atoms with Gasteiger partial charge in [-0.1, -0.05) is 0 Å². The van der Waals surface area contributed by atoms with E-state index in [1.807, 2.05) is 18.4 Å². The van der Waals surface area contributed by atoms with Gasteiger partial charge in [-0.05, 0) is 32.8 Å². The standard InChI is InChI=1S/C14H23ClN2O3S/c1-3-16-11-14(9-12(16)10-15)21(18,19)17-7-5-13(6-8-17)20-4-2/h9,11,13H,3-8,10H2,1-2H3. The van der Waals surface area contributed by atoms with E-state index in [-0.39, 0.29) is 6.10 Å². The number of sulfonamides is 1.